The fourth-order valence-corrected chi connectivity index (χ4v) is 7.33. The topological polar surface area (TPSA) is 119 Å². The van der Waals surface area contributed by atoms with Gasteiger partial charge in [-0.15, -0.1) is 0 Å². The third-order valence-electron chi connectivity index (χ3n) is 8.26. The van der Waals surface area contributed by atoms with E-state index in [-0.39, 0.29) is 24.0 Å². The van der Waals surface area contributed by atoms with Gasteiger partial charge >= 0.3 is 0 Å². The second-order valence-electron chi connectivity index (χ2n) is 11.5. The fourth-order valence-electron chi connectivity index (χ4n) is 5.90. The Hall–Kier alpha value is -2.82. The molecular weight excluding hydrogens is 635 g/mol. The number of aromatic nitrogens is 1. The summed E-state index contributed by atoms with van der Waals surface area (Å²) in [7, 11) is -3.67. The van der Waals surface area contributed by atoms with Crippen molar-refractivity contribution in [2.45, 2.75) is 56.1 Å². The van der Waals surface area contributed by atoms with Gasteiger partial charge in [0.25, 0.3) is 5.91 Å². The first-order chi connectivity index (χ1) is 20.4. The van der Waals surface area contributed by atoms with Gasteiger partial charge in [0.15, 0.2) is 0 Å². The fraction of sp³-hybridized carbons (Fsp3) is 0.355. The van der Waals surface area contributed by atoms with Gasteiger partial charge in [-0.25, -0.2) is 13.1 Å². The van der Waals surface area contributed by atoms with Crippen LogP contribution >= 0.6 is 34.8 Å². The van der Waals surface area contributed by atoms with Crippen molar-refractivity contribution in [3.63, 3.8) is 0 Å². The molecule has 1 atom stereocenters. The van der Waals surface area contributed by atoms with Crippen molar-refractivity contribution in [1.82, 2.24) is 9.88 Å². The predicted molar refractivity (Wildman–Crippen MR) is 165 cm³/mol. The van der Waals surface area contributed by atoms with Gasteiger partial charge in [0.1, 0.15) is 23.8 Å². The van der Waals surface area contributed by atoms with Crippen LogP contribution in [0.2, 0.25) is 10.0 Å². The quantitative estimate of drug-likeness (QED) is 0.251. The Morgan fingerprint density at radius 1 is 1.12 bits per heavy atom. The van der Waals surface area contributed by atoms with Crippen LogP contribution in [0.1, 0.15) is 71.2 Å². The van der Waals surface area contributed by atoms with Crippen LogP contribution in [0.15, 0.2) is 69.9 Å². The third kappa shape index (κ3) is 6.37. The minimum Gasteiger partial charge on any atom is -0.489 e. The Morgan fingerprint density at radius 2 is 1.81 bits per heavy atom. The first-order valence-electron chi connectivity index (χ1n) is 13.9. The van der Waals surface area contributed by atoms with Crippen molar-refractivity contribution < 1.29 is 27.6 Å². The standard InChI is InChI=1S/C31H29Cl3N2O6S/c1-43(39,40)36-30(37)19-5-2-4-18(12-19)20-14-31(38,15-20)23-11-10-21(13-26(23)34)41-16-22-28(35-42-29(22)17-8-9-17)27-24(32)6-3-7-25(27)33/h2-7,10,12-13,17,20,23,38H,8-9,11,14-16H2,1H3,(H,36,37)/t20-,23?,31+. The van der Waals surface area contributed by atoms with Crippen molar-refractivity contribution in [3.05, 3.63) is 97.9 Å². The van der Waals surface area contributed by atoms with Crippen LogP contribution in [0.5, 0.6) is 0 Å². The molecule has 1 heterocycles. The van der Waals surface area contributed by atoms with E-state index in [1.165, 1.54) is 0 Å². The Balaban J connectivity index is 1.12. The monoisotopic (exact) mass is 662 g/mol. The highest BCUT2D eigenvalue weighted by molar-refractivity contribution is 7.89. The maximum Gasteiger partial charge on any atom is 0.264 e. The number of nitrogens with one attached hydrogen (secondary N) is 1. The maximum absolute atomic E-state index is 12.3. The van der Waals surface area contributed by atoms with Crippen LogP contribution in [0.3, 0.4) is 0 Å². The molecule has 8 nitrogen and oxygen atoms in total. The molecule has 6 rings (SSSR count). The Morgan fingerprint density at radius 3 is 2.47 bits per heavy atom. The summed E-state index contributed by atoms with van der Waals surface area (Å²) in [6.45, 7) is 0.193. The third-order valence-corrected chi connectivity index (χ3v) is 9.82. The minimum atomic E-state index is -3.67. The van der Waals surface area contributed by atoms with Crippen LogP contribution in [0.4, 0.5) is 0 Å². The molecule has 1 aromatic heterocycles. The van der Waals surface area contributed by atoms with Crippen molar-refractivity contribution in [3.8, 4) is 11.3 Å². The molecule has 43 heavy (non-hydrogen) atoms. The van der Waals surface area contributed by atoms with Gasteiger partial charge in [0, 0.05) is 28.0 Å². The number of rotatable bonds is 9. The number of aliphatic hydroxyl groups is 1. The molecule has 0 bridgehead atoms. The number of allylic oxidation sites excluding steroid dienone is 2. The summed E-state index contributed by atoms with van der Waals surface area (Å²) in [5.41, 5.74) is 2.06. The molecule has 2 saturated carbocycles. The highest BCUT2D eigenvalue weighted by atomic mass is 35.5. The number of sulfonamides is 1. The molecule has 3 aromatic rings. The molecule has 2 aromatic carbocycles. The largest absolute Gasteiger partial charge is 0.489 e. The summed E-state index contributed by atoms with van der Waals surface area (Å²) in [6.07, 6.45) is 8.03. The number of hydrogen-bond acceptors (Lipinski definition) is 7. The second-order valence-corrected chi connectivity index (χ2v) is 14.5. The predicted octanol–water partition coefficient (Wildman–Crippen LogP) is 7.07. The summed E-state index contributed by atoms with van der Waals surface area (Å²) in [6, 6.07) is 12.1. The van der Waals surface area contributed by atoms with Gasteiger partial charge in [0.05, 0.1) is 27.5 Å². The summed E-state index contributed by atoms with van der Waals surface area (Å²) >= 11 is 19.7. The first kappa shape index (κ1) is 30.2. The number of nitrogens with zero attached hydrogens (tertiary/aromatic N) is 1. The van der Waals surface area contributed by atoms with Crippen LogP contribution in [0, 0.1) is 5.92 Å². The van der Waals surface area contributed by atoms with Gasteiger partial charge in [0.2, 0.25) is 10.0 Å². The van der Waals surface area contributed by atoms with Gasteiger partial charge in [-0.3, -0.25) is 4.79 Å². The zero-order valence-corrected chi connectivity index (χ0v) is 26.2. The molecule has 1 unspecified atom stereocenters. The number of halogens is 3. The number of carbonyl (C=O) groups excluding carboxylic acids is 1. The molecule has 1 amide bonds. The van der Waals surface area contributed by atoms with E-state index in [1.54, 1.807) is 42.5 Å². The molecule has 3 aliphatic carbocycles. The van der Waals surface area contributed by atoms with Crippen molar-refractivity contribution in [2.24, 2.45) is 5.92 Å². The van der Waals surface area contributed by atoms with Crippen LogP contribution < -0.4 is 4.72 Å². The minimum absolute atomic E-state index is 0.00608. The zero-order valence-electron chi connectivity index (χ0n) is 23.1. The van der Waals surface area contributed by atoms with Crippen LogP contribution in [-0.2, 0) is 21.4 Å². The van der Waals surface area contributed by atoms with E-state index in [0.29, 0.717) is 57.3 Å². The molecule has 2 N–H and O–H groups in total. The Bertz CT molecular complexity index is 1740. The van der Waals surface area contributed by atoms with Gasteiger partial charge in [-0.1, -0.05) is 58.2 Å². The van der Waals surface area contributed by atoms with E-state index in [9.17, 15) is 18.3 Å². The molecule has 0 spiro atoms. The van der Waals surface area contributed by atoms with E-state index in [2.05, 4.69) is 5.16 Å². The van der Waals surface area contributed by atoms with Crippen molar-refractivity contribution in [1.29, 1.82) is 0 Å². The molecular formula is C31H29Cl3N2O6S. The zero-order chi connectivity index (χ0) is 30.5. The number of ether oxygens (including phenoxy) is 1. The SMILES string of the molecule is CS(=O)(=O)NC(=O)c1cccc([C@H]2C[C@](O)(C3CC=C(OCc4c(-c5c(Cl)cccc5Cl)noc4C4CC4)C=C3Cl)C2)c1. The lowest BCUT2D eigenvalue weighted by atomic mass is 9.61. The van der Waals surface area contributed by atoms with Crippen molar-refractivity contribution >= 4 is 50.7 Å². The first-order valence-corrected chi connectivity index (χ1v) is 16.9. The molecule has 3 aliphatic rings. The lowest BCUT2D eigenvalue weighted by molar-refractivity contribution is -0.0836. The van der Waals surface area contributed by atoms with Gasteiger partial charge in [-0.05, 0) is 80.0 Å². The van der Waals surface area contributed by atoms with E-state index >= 15 is 0 Å². The lowest BCUT2D eigenvalue weighted by Gasteiger charge is -2.49. The molecule has 0 saturated heterocycles. The van der Waals surface area contributed by atoms with E-state index < -0.39 is 21.5 Å². The Labute approximate surface area is 264 Å². The van der Waals surface area contributed by atoms with Gasteiger partial charge < -0.3 is 14.4 Å². The molecule has 226 valence electrons. The average Bonchev–Trinajstić information content (AvgIpc) is 3.69. The van der Waals surface area contributed by atoms with Crippen LogP contribution in [0.25, 0.3) is 11.3 Å². The smallest absolute Gasteiger partial charge is 0.264 e. The van der Waals surface area contributed by atoms with Gasteiger partial charge in [-0.2, -0.15) is 0 Å². The van der Waals surface area contributed by atoms with E-state index in [0.717, 1.165) is 36.0 Å². The second kappa shape index (κ2) is 11.6. The summed E-state index contributed by atoms with van der Waals surface area (Å²) in [4.78, 5) is 12.3. The summed E-state index contributed by atoms with van der Waals surface area (Å²) < 4.78 is 36.8. The maximum atomic E-state index is 12.3. The Kier molecular flexibility index (Phi) is 8.15. The average molecular weight is 664 g/mol. The summed E-state index contributed by atoms with van der Waals surface area (Å²) in [5.74, 6) is 0.677. The molecule has 2 fully saturated rings. The lowest BCUT2D eigenvalue weighted by Crippen LogP contribution is -2.49. The molecule has 0 radical (unpaired) electrons. The normalized spacial score (nSPS) is 23.7. The number of benzene rings is 2. The number of amides is 1. The number of hydrogen-bond donors (Lipinski definition) is 2. The molecule has 12 heteroatoms. The summed E-state index contributed by atoms with van der Waals surface area (Å²) in [5, 5.41) is 17.2. The van der Waals surface area contributed by atoms with Crippen molar-refractivity contribution in [2.75, 3.05) is 6.26 Å². The van der Waals surface area contributed by atoms with E-state index in [4.69, 9.17) is 44.1 Å². The molecule has 0 aliphatic heterocycles. The van der Waals surface area contributed by atoms with Crippen LogP contribution in [-0.4, -0.2) is 36.4 Å². The van der Waals surface area contributed by atoms with E-state index in [1.807, 2.05) is 16.9 Å². The highest BCUT2D eigenvalue weighted by Gasteiger charge is 2.50. The highest BCUT2D eigenvalue weighted by Crippen LogP contribution is 2.53. The number of carbonyl (C=O) groups is 1.